The number of rotatable bonds is 4. The van der Waals surface area contributed by atoms with Crippen LogP contribution in [0.5, 0.6) is 0 Å². The van der Waals surface area contributed by atoms with Crippen molar-refractivity contribution in [3.8, 4) is 0 Å². The summed E-state index contributed by atoms with van der Waals surface area (Å²) in [5.41, 5.74) is 1.81. The zero-order chi connectivity index (χ0) is 13.7. The third kappa shape index (κ3) is 3.47. The predicted molar refractivity (Wildman–Crippen MR) is 74.4 cm³/mol. The molecule has 0 heterocycles. The Balaban J connectivity index is 3.23. The van der Waals surface area contributed by atoms with Crippen LogP contribution in [0.3, 0.4) is 0 Å². The van der Waals surface area contributed by atoms with E-state index >= 15 is 0 Å². The molecule has 0 amide bonds. The van der Waals surface area contributed by atoms with Gasteiger partial charge in [0, 0.05) is 4.91 Å². The molecular formula is C14H16O3S. The second-order valence-corrected chi connectivity index (χ2v) is 4.31. The van der Waals surface area contributed by atoms with Crippen LogP contribution in [0.1, 0.15) is 25.0 Å². The van der Waals surface area contributed by atoms with Crippen molar-refractivity contribution in [3.63, 3.8) is 0 Å². The van der Waals surface area contributed by atoms with Crippen molar-refractivity contribution in [2.45, 2.75) is 20.8 Å². The monoisotopic (exact) mass is 264 g/mol. The molecule has 0 fully saturated rings. The summed E-state index contributed by atoms with van der Waals surface area (Å²) in [6.45, 7) is 5.21. The number of aryl methyl sites for hydroxylation is 1. The molecule has 0 N–H and O–H groups in total. The summed E-state index contributed by atoms with van der Waals surface area (Å²) in [7, 11) is 0. The number of hydrogen-bond donors (Lipinski definition) is 1. The van der Waals surface area contributed by atoms with Gasteiger partial charge in [-0.3, -0.25) is 4.79 Å². The van der Waals surface area contributed by atoms with Crippen molar-refractivity contribution < 1.29 is 14.3 Å². The van der Waals surface area contributed by atoms with Gasteiger partial charge in [-0.15, -0.1) is 12.6 Å². The van der Waals surface area contributed by atoms with Crippen LogP contribution in [-0.4, -0.2) is 18.4 Å². The highest BCUT2D eigenvalue weighted by Crippen LogP contribution is 2.24. The summed E-state index contributed by atoms with van der Waals surface area (Å²) in [6.07, 6.45) is 0. The van der Waals surface area contributed by atoms with E-state index in [1.807, 2.05) is 31.2 Å². The van der Waals surface area contributed by atoms with E-state index in [1.54, 1.807) is 6.92 Å². The Bertz CT molecular complexity index is 486. The minimum atomic E-state index is -0.629. The molecule has 0 spiro atoms. The summed E-state index contributed by atoms with van der Waals surface area (Å²) in [5, 5.41) is 0. The Morgan fingerprint density at radius 2 is 1.78 bits per heavy atom. The molecule has 0 aliphatic rings. The van der Waals surface area contributed by atoms with Gasteiger partial charge < -0.3 is 4.74 Å². The van der Waals surface area contributed by atoms with Crippen LogP contribution in [0, 0.1) is 6.92 Å². The van der Waals surface area contributed by atoms with E-state index in [0.29, 0.717) is 4.91 Å². The number of hydrogen-bond acceptors (Lipinski definition) is 4. The number of carbonyl (C=O) groups excluding carboxylic acids is 2. The van der Waals surface area contributed by atoms with E-state index < -0.39 is 5.97 Å². The summed E-state index contributed by atoms with van der Waals surface area (Å²) >= 11 is 4.28. The quantitative estimate of drug-likeness (QED) is 0.299. The summed E-state index contributed by atoms with van der Waals surface area (Å²) in [4.78, 5) is 23.6. The molecule has 0 radical (unpaired) electrons. The highest BCUT2D eigenvalue weighted by Gasteiger charge is 2.20. The molecular weight excluding hydrogens is 248 g/mol. The van der Waals surface area contributed by atoms with Crippen LogP contribution in [0.25, 0.3) is 4.91 Å². The molecule has 0 aromatic heterocycles. The van der Waals surface area contributed by atoms with E-state index in [-0.39, 0.29) is 18.0 Å². The first kappa shape index (κ1) is 14.5. The minimum absolute atomic E-state index is 0.0102. The summed E-state index contributed by atoms with van der Waals surface area (Å²) < 4.78 is 4.87. The maximum atomic E-state index is 11.7. The van der Waals surface area contributed by atoms with Crippen LogP contribution < -0.4 is 0 Å². The van der Waals surface area contributed by atoms with Gasteiger partial charge in [0.05, 0.1) is 6.61 Å². The maximum Gasteiger partial charge on any atom is 0.342 e. The van der Waals surface area contributed by atoms with Gasteiger partial charge in [0.15, 0.2) is 5.78 Å². The van der Waals surface area contributed by atoms with Crippen molar-refractivity contribution in [3.05, 3.63) is 41.0 Å². The standard InChI is InChI=1S/C14H16O3S/c1-4-17-14(16)12(10(3)15)13(18)11-7-5-9(2)6-8-11/h5-8,18H,4H2,1-3H3. The molecule has 1 rings (SSSR count). The highest BCUT2D eigenvalue weighted by molar-refractivity contribution is 7.90. The van der Waals surface area contributed by atoms with Gasteiger partial charge >= 0.3 is 5.97 Å². The molecule has 1 aromatic rings. The SMILES string of the molecule is CCOC(=O)C(C(C)=O)=C(S)c1ccc(C)cc1. The van der Waals surface area contributed by atoms with Gasteiger partial charge in [-0.25, -0.2) is 4.79 Å². The smallest absolute Gasteiger partial charge is 0.342 e. The molecule has 1 aromatic carbocycles. The fraction of sp³-hybridized carbons (Fsp3) is 0.286. The zero-order valence-electron chi connectivity index (χ0n) is 10.7. The van der Waals surface area contributed by atoms with Crippen molar-refractivity contribution in [2.75, 3.05) is 6.61 Å². The Kier molecular flexibility index (Phi) is 5.16. The number of benzene rings is 1. The molecule has 0 saturated carbocycles. The average molecular weight is 264 g/mol. The van der Waals surface area contributed by atoms with Crippen LogP contribution >= 0.6 is 12.6 Å². The second kappa shape index (κ2) is 6.40. The maximum absolute atomic E-state index is 11.7. The second-order valence-electron chi connectivity index (χ2n) is 3.87. The van der Waals surface area contributed by atoms with Crippen molar-refractivity contribution in [1.29, 1.82) is 0 Å². The first-order valence-electron chi connectivity index (χ1n) is 5.65. The van der Waals surface area contributed by atoms with E-state index in [4.69, 9.17) is 4.74 Å². The van der Waals surface area contributed by atoms with Crippen LogP contribution in [0.4, 0.5) is 0 Å². The molecule has 0 bridgehead atoms. The molecule has 0 aliphatic heterocycles. The lowest BCUT2D eigenvalue weighted by Crippen LogP contribution is -2.14. The molecule has 3 nitrogen and oxygen atoms in total. The van der Waals surface area contributed by atoms with E-state index in [1.165, 1.54) is 6.92 Å². The Labute approximate surface area is 112 Å². The highest BCUT2D eigenvalue weighted by atomic mass is 32.1. The fourth-order valence-corrected chi connectivity index (χ4v) is 1.86. The number of thiol groups is 1. The number of carbonyl (C=O) groups is 2. The molecule has 96 valence electrons. The van der Waals surface area contributed by atoms with Gasteiger partial charge in [0.2, 0.25) is 0 Å². The van der Waals surface area contributed by atoms with Crippen molar-refractivity contribution >= 4 is 29.3 Å². The largest absolute Gasteiger partial charge is 0.462 e. The lowest BCUT2D eigenvalue weighted by Gasteiger charge is -2.08. The normalized spacial score (nSPS) is 11.8. The first-order valence-corrected chi connectivity index (χ1v) is 6.10. The fourth-order valence-electron chi connectivity index (χ4n) is 1.47. The Hall–Kier alpha value is -1.55. The van der Waals surface area contributed by atoms with Gasteiger partial charge in [0.1, 0.15) is 5.57 Å². The van der Waals surface area contributed by atoms with Crippen LogP contribution in [0.2, 0.25) is 0 Å². The van der Waals surface area contributed by atoms with E-state index in [9.17, 15) is 9.59 Å². The topological polar surface area (TPSA) is 43.4 Å². The van der Waals surface area contributed by atoms with Gasteiger partial charge in [-0.2, -0.15) is 0 Å². The number of ketones is 1. The molecule has 18 heavy (non-hydrogen) atoms. The molecule has 4 heteroatoms. The third-order valence-corrected chi connectivity index (χ3v) is 2.88. The minimum Gasteiger partial charge on any atom is -0.462 e. The van der Waals surface area contributed by atoms with Gasteiger partial charge in [-0.1, -0.05) is 29.8 Å². The van der Waals surface area contributed by atoms with Gasteiger partial charge in [0.25, 0.3) is 0 Å². The van der Waals surface area contributed by atoms with Crippen molar-refractivity contribution in [2.24, 2.45) is 0 Å². The van der Waals surface area contributed by atoms with Crippen LogP contribution in [-0.2, 0) is 14.3 Å². The summed E-state index contributed by atoms with van der Waals surface area (Å²) in [6, 6.07) is 7.43. The number of ether oxygens (including phenoxy) is 1. The molecule has 0 aliphatic carbocycles. The first-order chi connectivity index (χ1) is 8.47. The Morgan fingerprint density at radius 3 is 2.22 bits per heavy atom. The third-order valence-electron chi connectivity index (χ3n) is 2.39. The van der Waals surface area contributed by atoms with Gasteiger partial charge in [-0.05, 0) is 26.3 Å². The zero-order valence-corrected chi connectivity index (χ0v) is 11.6. The lowest BCUT2D eigenvalue weighted by molar-refractivity contribution is -0.139. The summed E-state index contributed by atoms with van der Waals surface area (Å²) in [5.74, 6) is -0.977. The number of esters is 1. The van der Waals surface area contributed by atoms with E-state index in [0.717, 1.165) is 11.1 Å². The molecule has 0 atom stereocenters. The Morgan fingerprint density at radius 1 is 1.22 bits per heavy atom. The van der Waals surface area contributed by atoms with Crippen molar-refractivity contribution in [1.82, 2.24) is 0 Å². The van der Waals surface area contributed by atoms with E-state index in [2.05, 4.69) is 12.6 Å². The van der Waals surface area contributed by atoms with Crippen LogP contribution in [0.15, 0.2) is 29.8 Å². The number of Topliss-reactive ketones (excluding diaryl/α,β-unsaturated/α-hetero) is 1. The predicted octanol–water partition coefficient (Wildman–Crippen LogP) is 2.79. The molecule has 0 unspecified atom stereocenters. The average Bonchev–Trinajstić information content (AvgIpc) is 2.29. The molecule has 0 saturated heterocycles. The lowest BCUT2D eigenvalue weighted by atomic mass is 10.1.